The number of thioether (sulfide) groups is 3. The predicted molar refractivity (Wildman–Crippen MR) is 77.9 cm³/mol. The molecular weight excluding hydrogens is 274 g/mol. The van der Waals surface area contributed by atoms with Crippen LogP contribution in [0.3, 0.4) is 0 Å². The first-order chi connectivity index (χ1) is 8.29. The molecule has 0 spiro atoms. The molecule has 0 radical (unpaired) electrons. The van der Waals surface area contributed by atoms with Gasteiger partial charge >= 0.3 is 0 Å². The highest BCUT2D eigenvalue weighted by molar-refractivity contribution is 8.33. The Balaban J connectivity index is 1.96. The number of carbonyl (C=O) groups is 1. The van der Waals surface area contributed by atoms with Crippen molar-refractivity contribution in [1.82, 2.24) is 0 Å². The Morgan fingerprint density at radius 3 is 2.88 bits per heavy atom. The number of anilines is 1. The Hall–Kier alpha value is -0.460. The SMILES string of the molecule is COc1cccc(NC(=O)C2SCSCS2)c1. The maximum absolute atomic E-state index is 12.0. The maximum Gasteiger partial charge on any atom is 0.247 e. The first-order valence-corrected chi connectivity index (χ1v) is 8.30. The zero-order chi connectivity index (χ0) is 12.1. The number of nitrogens with one attached hydrogen (secondary N) is 1. The summed E-state index contributed by atoms with van der Waals surface area (Å²) in [5.74, 6) is 0.816. The lowest BCUT2D eigenvalue weighted by Gasteiger charge is -2.19. The summed E-state index contributed by atoms with van der Waals surface area (Å²) >= 11 is 5.22. The van der Waals surface area contributed by atoms with E-state index in [0.717, 1.165) is 21.6 Å². The lowest BCUT2D eigenvalue weighted by atomic mass is 10.3. The normalized spacial score (nSPS) is 16.5. The summed E-state index contributed by atoms with van der Waals surface area (Å²) in [6.07, 6.45) is 0. The van der Waals surface area contributed by atoms with E-state index in [9.17, 15) is 4.79 Å². The molecule has 1 aromatic carbocycles. The Labute approximate surface area is 113 Å². The molecule has 6 heteroatoms. The van der Waals surface area contributed by atoms with Crippen LogP contribution in [0, 0.1) is 0 Å². The molecule has 1 aliphatic heterocycles. The third-order valence-electron chi connectivity index (χ3n) is 2.16. The number of carbonyl (C=O) groups excluding carboxylic acids is 1. The Bertz CT molecular complexity index is 394. The molecule has 3 nitrogen and oxygen atoms in total. The maximum atomic E-state index is 12.0. The number of amides is 1. The molecule has 0 aliphatic carbocycles. The number of methoxy groups -OCH3 is 1. The topological polar surface area (TPSA) is 38.3 Å². The summed E-state index contributed by atoms with van der Waals surface area (Å²) in [7, 11) is 1.62. The first-order valence-electron chi connectivity index (χ1n) is 5.05. The highest BCUT2D eigenvalue weighted by atomic mass is 32.3. The number of hydrogen-bond donors (Lipinski definition) is 1. The van der Waals surface area contributed by atoms with Crippen molar-refractivity contribution in [3.8, 4) is 5.75 Å². The average molecular weight is 287 g/mol. The van der Waals surface area contributed by atoms with E-state index in [1.165, 1.54) is 0 Å². The molecule has 1 aliphatic rings. The quantitative estimate of drug-likeness (QED) is 0.925. The van der Waals surface area contributed by atoms with E-state index in [2.05, 4.69) is 5.32 Å². The first kappa shape index (κ1) is 13.0. The van der Waals surface area contributed by atoms with E-state index in [1.54, 1.807) is 30.6 Å². The number of benzene rings is 1. The van der Waals surface area contributed by atoms with E-state index < -0.39 is 0 Å². The molecule has 1 aromatic rings. The second-order valence-corrected chi connectivity index (χ2v) is 7.53. The molecule has 1 amide bonds. The predicted octanol–water partition coefficient (Wildman–Crippen LogP) is 3.09. The molecule has 0 atom stereocenters. The Kier molecular flexibility index (Phi) is 4.94. The van der Waals surface area contributed by atoms with E-state index in [1.807, 2.05) is 36.0 Å². The van der Waals surface area contributed by atoms with Crippen LogP contribution in [-0.2, 0) is 4.79 Å². The van der Waals surface area contributed by atoms with E-state index >= 15 is 0 Å². The minimum atomic E-state index is 0.00227. The third-order valence-corrected chi connectivity index (χ3v) is 6.43. The summed E-state index contributed by atoms with van der Waals surface area (Å²) in [5, 5.41) is 4.90. The van der Waals surface area contributed by atoms with Gasteiger partial charge in [0.2, 0.25) is 5.91 Å². The molecule has 0 saturated carbocycles. The minimum absolute atomic E-state index is 0.00227. The Morgan fingerprint density at radius 2 is 2.18 bits per heavy atom. The van der Waals surface area contributed by atoms with Gasteiger partial charge in [-0.25, -0.2) is 0 Å². The molecule has 1 heterocycles. The van der Waals surface area contributed by atoms with Crippen molar-refractivity contribution in [2.75, 3.05) is 22.6 Å². The van der Waals surface area contributed by atoms with Gasteiger partial charge in [0.25, 0.3) is 0 Å². The summed E-state index contributed by atoms with van der Waals surface area (Å²) in [4.78, 5) is 12.0. The highest BCUT2D eigenvalue weighted by Crippen LogP contribution is 2.36. The van der Waals surface area contributed by atoms with Crippen LogP contribution in [0.1, 0.15) is 0 Å². The molecule has 1 saturated heterocycles. The second-order valence-electron chi connectivity index (χ2n) is 3.33. The van der Waals surface area contributed by atoms with Crippen LogP contribution in [0.2, 0.25) is 0 Å². The standard InChI is InChI=1S/C11H13NO2S3/c1-14-9-4-2-3-8(5-9)12-10(13)11-16-6-15-7-17-11/h2-5,11H,6-7H2,1H3,(H,12,13). The molecule has 0 bridgehead atoms. The fraction of sp³-hybridized carbons (Fsp3) is 0.364. The molecule has 1 fully saturated rings. The van der Waals surface area contributed by atoms with Crippen LogP contribution in [0.25, 0.3) is 0 Å². The number of hydrogen-bond acceptors (Lipinski definition) is 5. The molecule has 0 aromatic heterocycles. The molecular formula is C11H13NO2S3. The van der Waals surface area contributed by atoms with Crippen LogP contribution in [0.4, 0.5) is 5.69 Å². The van der Waals surface area contributed by atoms with Crippen molar-refractivity contribution in [3.63, 3.8) is 0 Å². The fourth-order valence-electron chi connectivity index (χ4n) is 1.36. The molecule has 1 N–H and O–H groups in total. The van der Waals surface area contributed by atoms with Gasteiger partial charge in [0.15, 0.2) is 0 Å². The molecule has 92 valence electrons. The highest BCUT2D eigenvalue weighted by Gasteiger charge is 2.22. The summed E-state index contributed by atoms with van der Waals surface area (Å²) in [5.41, 5.74) is 0.786. The van der Waals surface area contributed by atoms with E-state index in [0.29, 0.717) is 0 Å². The van der Waals surface area contributed by atoms with Gasteiger partial charge in [-0.1, -0.05) is 6.07 Å². The van der Waals surface area contributed by atoms with Gasteiger partial charge in [0, 0.05) is 21.9 Å². The van der Waals surface area contributed by atoms with Crippen molar-refractivity contribution >= 4 is 46.9 Å². The van der Waals surface area contributed by atoms with Gasteiger partial charge in [0.1, 0.15) is 10.3 Å². The number of rotatable bonds is 3. The second kappa shape index (κ2) is 6.47. The van der Waals surface area contributed by atoms with Gasteiger partial charge in [-0.15, -0.1) is 35.3 Å². The van der Waals surface area contributed by atoms with Crippen molar-refractivity contribution < 1.29 is 9.53 Å². The number of ether oxygens (including phenoxy) is 1. The van der Waals surface area contributed by atoms with E-state index in [-0.39, 0.29) is 10.5 Å². The zero-order valence-corrected chi connectivity index (χ0v) is 11.8. The van der Waals surface area contributed by atoms with Crippen LogP contribution in [-0.4, -0.2) is 27.8 Å². The van der Waals surface area contributed by atoms with Crippen molar-refractivity contribution in [1.29, 1.82) is 0 Å². The van der Waals surface area contributed by atoms with Crippen molar-refractivity contribution in [2.24, 2.45) is 0 Å². The van der Waals surface area contributed by atoms with Crippen molar-refractivity contribution in [2.45, 2.75) is 4.58 Å². The summed E-state index contributed by atoms with van der Waals surface area (Å²) in [6.45, 7) is 0. The molecule has 2 rings (SSSR count). The summed E-state index contributed by atoms with van der Waals surface area (Å²) < 4.78 is 5.12. The zero-order valence-electron chi connectivity index (χ0n) is 9.34. The van der Waals surface area contributed by atoms with Gasteiger partial charge < -0.3 is 10.1 Å². The fourth-order valence-corrected chi connectivity index (χ4v) is 5.80. The van der Waals surface area contributed by atoms with Crippen molar-refractivity contribution in [3.05, 3.63) is 24.3 Å². The lowest BCUT2D eigenvalue weighted by Crippen LogP contribution is -2.24. The molecule has 17 heavy (non-hydrogen) atoms. The van der Waals surface area contributed by atoms with Crippen LogP contribution in [0.5, 0.6) is 5.75 Å². The van der Waals surface area contributed by atoms with Gasteiger partial charge in [-0.2, -0.15) is 0 Å². The summed E-state index contributed by atoms with van der Waals surface area (Å²) in [6, 6.07) is 7.42. The van der Waals surface area contributed by atoms with Crippen LogP contribution >= 0.6 is 35.3 Å². The third kappa shape index (κ3) is 3.76. The van der Waals surface area contributed by atoms with Gasteiger partial charge in [0.05, 0.1) is 7.11 Å². The minimum Gasteiger partial charge on any atom is -0.497 e. The van der Waals surface area contributed by atoms with E-state index in [4.69, 9.17) is 4.74 Å². The monoisotopic (exact) mass is 287 g/mol. The average Bonchev–Trinajstić information content (AvgIpc) is 2.40. The van der Waals surface area contributed by atoms with Gasteiger partial charge in [-0.3, -0.25) is 4.79 Å². The largest absolute Gasteiger partial charge is 0.497 e. The smallest absolute Gasteiger partial charge is 0.247 e. The van der Waals surface area contributed by atoms with Gasteiger partial charge in [-0.05, 0) is 12.1 Å². The van der Waals surface area contributed by atoms with Crippen LogP contribution < -0.4 is 10.1 Å². The Morgan fingerprint density at radius 1 is 1.41 bits per heavy atom. The molecule has 0 unspecified atom stereocenters. The van der Waals surface area contributed by atoms with Crippen LogP contribution in [0.15, 0.2) is 24.3 Å². The lowest BCUT2D eigenvalue weighted by molar-refractivity contribution is -0.114.